The van der Waals surface area contributed by atoms with Gasteiger partial charge in [-0.25, -0.2) is 0 Å². The zero-order valence-electron chi connectivity index (χ0n) is 15.0. The Kier molecular flexibility index (Phi) is 5.80. The molecule has 0 aliphatic carbocycles. The number of hydrogen-bond acceptors (Lipinski definition) is 5. The largest absolute Gasteiger partial charge is 0.309 e. The van der Waals surface area contributed by atoms with Crippen molar-refractivity contribution in [3.05, 3.63) is 67.5 Å². The molecule has 11 heteroatoms. The second-order valence-electron chi connectivity index (χ2n) is 6.12. The number of carbonyl (C=O) groups excluding carboxylic acids is 1. The number of nitrogens with one attached hydrogen (secondary N) is 1. The monoisotopic (exact) mass is 466 g/mol. The first kappa shape index (κ1) is 20.0. The van der Waals surface area contributed by atoms with Gasteiger partial charge in [-0.05, 0) is 41.4 Å². The van der Waals surface area contributed by atoms with E-state index in [0.29, 0.717) is 21.9 Å². The number of rotatable bonds is 6. The van der Waals surface area contributed by atoms with E-state index in [4.69, 9.17) is 11.6 Å². The Morgan fingerprint density at radius 2 is 2.07 bits per heavy atom. The molecule has 0 radical (unpaired) electrons. The minimum Gasteiger partial charge on any atom is -0.306 e. The summed E-state index contributed by atoms with van der Waals surface area (Å²) in [5.74, 6) is -0.0663. The molecule has 1 aromatic carbocycles. The second kappa shape index (κ2) is 8.11. The van der Waals surface area contributed by atoms with Gasteiger partial charge in [-0.3, -0.25) is 24.3 Å². The molecule has 146 valence electrons. The number of nitrogens with zero attached hydrogens (tertiary/aromatic N) is 5. The van der Waals surface area contributed by atoms with E-state index >= 15 is 0 Å². The van der Waals surface area contributed by atoms with Crippen LogP contribution in [-0.4, -0.2) is 30.4 Å². The molecule has 1 unspecified atom stereocenters. The van der Waals surface area contributed by atoms with Gasteiger partial charge < -0.3 is 5.32 Å². The zero-order valence-corrected chi connectivity index (χ0v) is 17.3. The Bertz CT molecular complexity index is 1050. The van der Waals surface area contributed by atoms with E-state index in [1.165, 1.54) is 17.8 Å². The predicted molar refractivity (Wildman–Crippen MR) is 107 cm³/mol. The summed E-state index contributed by atoms with van der Waals surface area (Å²) in [5.41, 5.74) is 1.00. The second-order valence-corrected chi connectivity index (χ2v) is 7.38. The molecule has 2 heterocycles. The number of anilines is 1. The van der Waals surface area contributed by atoms with Gasteiger partial charge in [-0.15, -0.1) is 0 Å². The Morgan fingerprint density at radius 3 is 2.71 bits per heavy atom. The van der Waals surface area contributed by atoms with Crippen molar-refractivity contribution >= 4 is 44.9 Å². The molecule has 9 nitrogen and oxygen atoms in total. The third-order valence-electron chi connectivity index (χ3n) is 4.11. The van der Waals surface area contributed by atoms with Crippen LogP contribution in [0.5, 0.6) is 0 Å². The van der Waals surface area contributed by atoms with Crippen molar-refractivity contribution in [2.75, 3.05) is 5.32 Å². The molecule has 0 fully saturated rings. The predicted octanol–water partition coefficient (Wildman–Crippen LogP) is 3.96. The lowest BCUT2D eigenvalue weighted by atomic mass is 10.2. The summed E-state index contributed by atoms with van der Waals surface area (Å²) < 4.78 is 3.51. The first-order chi connectivity index (χ1) is 13.3. The molecule has 0 aliphatic heterocycles. The normalized spacial score (nSPS) is 12.0. The maximum atomic E-state index is 12.5. The smallest absolute Gasteiger partial charge is 0.306 e. The van der Waals surface area contributed by atoms with Crippen LogP contribution < -0.4 is 5.32 Å². The Balaban J connectivity index is 1.73. The molecule has 3 rings (SSSR count). The van der Waals surface area contributed by atoms with Crippen LogP contribution in [0.4, 0.5) is 11.5 Å². The topological polar surface area (TPSA) is 108 Å². The third kappa shape index (κ3) is 4.23. The first-order valence-corrected chi connectivity index (χ1v) is 9.40. The molecule has 28 heavy (non-hydrogen) atoms. The van der Waals surface area contributed by atoms with Crippen molar-refractivity contribution in [3.63, 3.8) is 0 Å². The van der Waals surface area contributed by atoms with Crippen LogP contribution in [-0.2, 0) is 11.3 Å². The van der Waals surface area contributed by atoms with Crippen LogP contribution in [0, 0.1) is 17.0 Å². The van der Waals surface area contributed by atoms with Crippen LogP contribution in [0.15, 0.2) is 41.1 Å². The summed E-state index contributed by atoms with van der Waals surface area (Å²) in [7, 11) is 0. The lowest BCUT2D eigenvalue weighted by Crippen LogP contribution is -2.24. The van der Waals surface area contributed by atoms with Crippen molar-refractivity contribution in [2.24, 2.45) is 0 Å². The van der Waals surface area contributed by atoms with Gasteiger partial charge in [0.15, 0.2) is 5.82 Å². The average molecular weight is 468 g/mol. The van der Waals surface area contributed by atoms with Crippen LogP contribution in [0.25, 0.3) is 0 Å². The fraction of sp³-hybridized carbons (Fsp3) is 0.235. The van der Waals surface area contributed by atoms with Crippen LogP contribution >= 0.6 is 27.5 Å². The third-order valence-corrected chi connectivity index (χ3v) is 5.06. The van der Waals surface area contributed by atoms with Crippen LogP contribution in [0.1, 0.15) is 24.2 Å². The van der Waals surface area contributed by atoms with E-state index in [9.17, 15) is 14.9 Å². The van der Waals surface area contributed by atoms with Crippen LogP contribution in [0.3, 0.4) is 0 Å². The summed E-state index contributed by atoms with van der Waals surface area (Å²) >= 11 is 9.55. The van der Waals surface area contributed by atoms with Gasteiger partial charge in [-0.1, -0.05) is 29.8 Å². The highest BCUT2D eigenvalue weighted by Crippen LogP contribution is 2.24. The molecular formula is C17H16BrClN6O3. The summed E-state index contributed by atoms with van der Waals surface area (Å²) in [4.78, 5) is 23.0. The molecule has 2 aromatic heterocycles. The maximum absolute atomic E-state index is 12.5. The van der Waals surface area contributed by atoms with Crippen LogP contribution in [0.2, 0.25) is 5.02 Å². The minimum atomic E-state index is -0.756. The fourth-order valence-corrected chi connectivity index (χ4v) is 3.17. The van der Waals surface area contributed by atoms with Gasteiger partial charge in [0.25, 0.3) is 0 Å². The van der Waals surface area contributed by atoms with Crippen molar-refractivity contribution < 1.29 is 9.72 Å². The molecule has 1 N–H and O–H groups in total. The number of benzene rings is 1. The zero-order chi connectivity index (χ0) is 20.4. The molecule has 1 amide bonds. The van der Waals surface area contributed by atoms with E-state index in [1.807, 2.05) is 18.2 Å². The highest BCUT2D eigenvalue weighted by atomic mass is 79.9. The summed E-state index contributed by atoms with van der Waals surface area (Å²) in [6.45, 7) is 3.56. The number of carbonyl (C=O) groups is 1. The van der Waals surface area contributed by atoms with Crippen molar-refractivity contribution in [1.82, 2.24) is 19.6 Å². The van der Waals surface area contributed by atoms with E-state index in [2.05, 4.69) is 31.4 Å². The molecule has 0 saturated carbocycles. The van der Waals surface area contributed by atoms with E-state index in [1.54, 1.807) is 23.9 Å². The number of amides is 1. The highest BCUT2D eigenvalue weighted by molar-refractivity contribution is 9.10. The van der Waals surface area contributed by atoms with Gasteiger partial charge in [-0.2, -0.15) is 10.2 Å². The minimum absolute atomic E-state index is 0.134. The van der Waals surface area contributed by atoms with Crippen molar-refractivity contribution in [2.45, 2.75) is 26.4 Å². The highest BCUT2D eigenvalue weighted by Gasteiger charge is 2.23. The molecule has 0 spiro atoms. The lowest BCUT2D eigenvalue weighted by Gasteiger charge is -2.11. The standard InChI is InChI=1S/C17H16BrClN6O3/c1-10-15(25(27)28)9-24(21-10)11(2)17(26)20-16-13(18)8-23(22-16)7-12-5-3-4-6-14(12)19/h3-6,8-9,11H,7H2,1-2H3,(H,20,22,26). The number of aryl methyl sites for hydroxylation is 1. The van der Waals surface area contributed by atoms with E-state index in [0.717, 1.165) is 5.56 Å². The fourth-order valence-electron chi connectivity index (χ4n) is 2.55. The van der Waals surface area contributed by atoms with Gasteiger partial charge >= 0.3 is 5.69 Å². The van der Waals surface area contributed by atoms with Gasteiger partial charge in [0.2, 0.25) is 5.91 Å². The average Bonchev–Trinajstić information content (AvgIpc) is 3.19. The quantitative estimate of drug-likeness (QED) is 0.436. The van der Waals surface area contributed by atoms with Gasteiger partial charge in [0.05, 0.1) is 15.9 Å². The Morgan fingerprint density at radius 1 is 1.36 bits per heavy atom. The Hall–Kier alpha value is -2.72. The van der Waals surface area contributed by atoms with E-state index < -0.39 is 16.9 Å². The van der Waals surface area contributed by atoms with E-state index in [-0.39, 0.29) is 11.4 Å². The molecule has 3 aromatic rings. The number of hydrogen-bond donors (Lipinski definition) is 1. The van der Waals surface area contributed by atoms with Gasteiger partial charge in [0, 0.05) is 11.2 Å². The number of nitro groups is 1. The number of halogens is 2. The van der Waals surface area contributed by atoms with Crippen molar-refractivity contribution in [1.29, 1.82) is 0 Å². The summed E-state index contributed by atoms with van der Waals surface area (Å²) in [6, 6.07) is 6.67. The van der Waals surface area contributed by atoms with Gasteiger partial charge in [0.1, 0.15) is 17.9 Å². The van der Waals surface area contributed by atoms with Crippen molar-refractivity contribution in [3.8, 4) is 0 Å². The maximum Gasteiger partial charge on any atom is 0.309 e. The molecule has 0 saturated heterocycles. The lowest BCUT2D eigenvalue weighted by molar-refractivity contribution is -0.385. The SMILES string of the molecule is Cc1nn(C(C)C(=O)Nc2nn(Cc3ccccc3Cl)cc2Br)cc1[N+](=O)[O-]. The molecular weight excluding hydrogens is 452 g/mol. The molecule has 1 atom stereocenters. The molecule has 0 aliphatic rings. The molecule has 0 bridgehead atoms. The summed E-state index contributed by atoms with van der Waals surface area (Å²) in [6.07, 6.45) is 2.97. The summed E-state index contributed by atoms with van der Waals surface area (Å²) in [5, 5.41) is 22.7. The number of aromatic nitrogens is 4. The first-order valence-electron chi connectivity index (χ1n) is 8.23. The Labute approximate surface area is 173 Å².